The third-order valence-electron chi connectivity index (χ3n) is 0.844. The van der Waals surface area contributed by atoms with Crippen molar-refractivity contribution in [2.75, 3.05) is 0 Å². The number of carbonyl (C=O) groups is 2. The van der Waals surface area contributed by atoms with Crippen LogP contribution in [0.1, 0.15) is 20.3 Å². The minimum Gasteiger partial charge on any atom is -0.392 e. The molecule has 0 amide bonds. The standard InChI is InChI=1S/C6H10O3S/c1-3-5(7)9-6(8)4(2)10/h4,10H,3H2,1-2H3. The summed E-state index contributed by atoms with van der Waals surface area (Å²) in [4.78, 5) is 21.0. The zero-order valence-corrected chi connectivity index (χ0v) is 6.85. The van der Waals surface area contributed by atoms with Crippen molar-refractivity contribution in [1.82, 2.24) is 0 Å². The summed E-state index contributed by atoms with van der Waals surface area (Å²) in [6.07, 6.45) is 0.215. The molecule has 10 heavy (non-hydrogen) atoms. The van der Waals surface area contributed by atoms with E-state index in [1.807, 2.05) is 0 Å². The smallest absolute Gasteiger partial charge is 0.326 e. The lowest BCUT2D eigenvalue weighted by atomic mass is 10.4. The molecule has 0 rings (SSSR count). The van der Waals surface area contributed by atoms with E-state index in [-0.39, 0.29) is 6.42 Å². The third kappa shape index (κ3) is 3.50. The molecule has 0 aromatic heterocycles. The Morgan fingerprint density at radius 2 is 2.10 bits per heavy atom. The Labute approximate surface area is 65.2 Å². The van der Waals surface area contributed by atoms with E-state index in [4.69, 9.17) is 0 Å². The Kier molecular flexibility index (Phi) is 4.11. The van der Waals surface area contributed by atoms with Crippen molar-refractivity contribution in [3.05, 3.63) is 0 Å². The van der Waals surface area contributed by atoms with Crippen LogP contribution in [0.5, 0.6) is 0 Å². The first-order chi connectivity index (χ1) is 4.57. The molecule has 1 atom stereocenters. The van der Waals surface area contributed by atoms with Crippen LogP contribution in [0.4, 0.5) is 0 Å². The predicted molar refractivity (Wildman–Crippen MR) is 39.8 cm³/mol. The summed E-state index contributed by atoms with van der Waals surface area (Å²) in [6, 6.07) is 0. The van der Waals surface area contributed by atoms with E-state index >= 15 is 0 Å². The number of thiol groups is 1. The average molecular weight is 162 g/mol. The molecule has 0 aliphatic carbocycles. The largest absolute Gasteiger partial charge is 0.392 e. The third-order valence-corrected chi connectivity index (χ3v) is 1.06. The van der Waals surface area contributed by atoms with Gasteiger partial charge in [0.25, 0.3) is 0 Å². The molecule has 3 nitrogen and oxygen atoms in total. The van der Waals surface area contributed by atoms with Crippen molar-refractivity contribution >= 4 is 24.6 Å². The van der Waals surface area contributed by atoms with E-state index in [1.165, 1.54) is 0 Å². The summed E-state index contributed by atoms with van der Waals surface area (Å²) in [5.41, 5.74) is 0. The molecular formula is C6H10O3S. The van der Waals surface area contributed by atoms with E-state index < -0.39 is 17.2 Å². The van der Waals surface area contributed by atoms with Gasteiger partial charge in [-0.2, -0.15) is 12.6 Å². The van der Waals surface area contributed by atoms with E-state index in [0.717, 1.165) is 0 Å². The lowest BCUT2D eigenvalue weighted by Gasteiger charge is -2.01. The van der Waals surface area contributed by atoms with Gasteiger partial charge in [-0.15, -0.1) is 0 Å². The molecule has 0 aliphatic rings. The lowest BCUT2D eigenvalue weighted by molar-refractivity contribution is -0.158. The summed E-state index contributed by atoms with van der Waals surface area (Å²) in [6.45, 7) is 3.17. The normalized spacial score (nSPS) is 12.3. The van der Waals surface area contributed by atoms with Crippen LogP contribution < -0.4 is 0 Å². The first kappa shape index (κ1) is 9.49. The highest BCUT2D eigenvalue weighted by atomic mass is 32.1. The second-order valence-corrected chi connectivity index (χ2v) is 2.60. The van der Waals surface area contributed by atoms with Gasteiger partial charge < -0.3 is 4.74 Å². The summed E-state index contributed by atoms with van der Waals surface area (Å²) < 4.78 is 4.31. The molecule has 0 saturated carbocycles. The topological polar surface area (TPSA) is 43.4 Å². The SMILES string of the molecule is CCC(=O)OC(=O)C(C)S. The van der Waals surface area contributed by atoms with E-state index in [2.05, 4.69) is 17.4 Å². The second-order valence-electron chi connectivity index (χ2n) is 1.82. The highest BCUT2D eigenvalue weighted by Crippen LogP contribution is 1.97. The number of esters is 2. The molecule has 0 saturated heterocycles. The molecule has 0 heterocycles. The van der Waals surface area contributed by atoms with Gasteiger partial charge >= 0.3 is 11.9 Å². The van der Waals surface area contributed by atoms with Crippen LogP contribution >= 0.6 is 12.6 Å². The quantitative estimate of drug-likeness (QED) is 0.371. The zero-order valence-electron chi connectivity index (χ0n) is 5.96. The number of hydrogen-bond acceptors (Lipinski definition) is 4. The van der Waals surface area contributed by atoms with Gasteiger partial charge in [-0.1, -0.05) is 6.92 Å². The molecule has 0 spiro atoms. The fourth-order valence-corrected chi connectivity index (χ4v) is 0.322. The minimum atomic E-state index is -0.588. The lowest BCUT2D eigenvalue weighted by Crippen LogP contribution is -2.18. The van der Waals surface area contributed by atoms with Crippen LogP contribution in [0, 0.1) is 0 Å². The van der Waals surface area contributed by atoms with Gasteiger partial charge in [-0.25, -0.2) is 0 Å². The van der Waals surface area contributed by atoms with E-state index in [1.54, 1.807) is 13.8 Å². The monoisotopic (exact) mass is 162 g/mol. The molecule has 0 bridgehead atoms. The number of ether oxygens (including phenoxy) is 1. The first-order valence-electron chi connectivity index (χ1n) is 3.00. The number of carbonyl (C=O) groups excluding carboxylic acids is 2. The number of rotatable bonds is 2. The maximum absolute atomic E-state index is 10.6. The molecule has 0 fully saturated rings. The van der Waals surface area contributed by atoms with E-state index in [0.29, 0.717) is 0 Å². The van der Waals surface area contributed by atoms with Crippen LogP contribution in [0.2, 0.25) is 0 Å². The molecule has 4 heteroatoms. The number of hydrogen-bond donors (Lipinski definition) is 1. The van der Waals surface area contributed by atoms with E-state index in [9.17, 15) is 9.59 Å². The van der Waals surface area contributed by atoms with Gasteiger partial charge in [0.2, 0.25) is 0 Å². The fraction of sp³-hybridized carbons (Fsp3) is 0.667. The fourth-order valence-electron chi connectivity index (χ4n) is 0.270. The Bertz CT molecular complexity index is 142. The Hall–Kier alpha value is -0.510. The Morgan fingerprint density at radius 3 is 2.40 bits per heavy atom. The van der Waals surface area contributed by atoms with Crippen molar-refractivity contribution in [1.29, 1.82) is 0 Å². The Balaban J connectivity index is 3.69. The van der Waals surface area contributed by atoms with Gasteiger partial charge in [0.1, 0.15) is 0 Å². The first-order valence-corrected chi connectivity index (χ1v) is 3.52. The van der Waals surface area contributed by atoms with Crippen LogP contribution in [0.25, 0.3) is 0 Å². The molecule has 0 aromatic carbocycles. The summed E-state index contributed by atoms with van der Waals surface area (Å²) in [5.74, 6) is -1.10. The van der Waals surface area contributed by atoms with Crippen LogP contribution in [0.3, 0.4) is 0 Å². The van der Waals surface area contributed by atoms with Crippen molar-refractivity contribution < 1.29 is 14.3 Å². The van der Waals surface area contributed by atoms with Crippen LogP contribution in [-0.2, 0) is 14.3 Å². The van der Waals surface area contributed by atoms with Crippen LogP contribution in [0.15, 0.2) is 0 Å². The van der Waals surface area contributed by atoms with Gasteiger partial charge in [0.05, 0.1) is 5.25 Å². The molecule has 0 radical (unpaired) electrons. The van der Waals surface area contributed by atoms with Gasteiger partial charge in [-0.3, -0.25) is 9.59 Å². The molecule has 58 valence electrons. The molecule has 0 N–H and O–H groups in total. The van der Waals surface area contributed by atoms with Gasteiger partial charge in [0.15, 0.2) is 0 Å². The average Bonchev–Trinajstić information content (AvgIpc) is 1.87. The molecule has 0 aliphatic heterocycles. The van der Waals surface area contributed by atoms with Crippen molar-refractivity contribution in [3.63, 3.8) is 0 Å². The van der Waals surface area contributed by atoms with Crippen molar-refractivity contribution in [2.45, 2.75) is 25.5 Å². The molecule has 1 unspecified atom stereocenters. The Morgan fingerprint density at radius 1 is 1.60 bits per heavy atom. The predicted octanol–water partition coefficient (Wildman–Crippen LogP) is 0.784. The summed E-state index contributed by atoms with van der Waals surface area (Å²) in [5, 5.41) is -0.532. The van der Waals surface area contributed by atoms with Gasteiger partial charge in [0, 0.05) is 6.42 Å². The molecule has 0 aromatic rings. The maximum Gasteiger partial charge on any atom is 0.326 e. The van der Waals surface area contributed by atoms with Crippen molar-refractivity contribution in [3.8, 4) is 0 Å². The maximum atomic E-state index is 10.6. The highest BCUT2D eigenvalue weighted by Gasteiger charge is 2.12. The zero-order chi connectivity index (χ0) is 8.15. The van der Waals surface area contributed by atoms with Gasteiger partial charge in [-0.05, 0) is 6.92 Å². The second kappa shape index (κ2) is 4.33. The minimum absolute atomic E-state index is 0.215. The summed E-state index contributed by atoms with van der Waals surface area (Å²) >= 11 is 3.78. The van der Waals surface area contributed by atoms with Crippen molar-refractivity contribution in [2.24, 2.45) is 0 Å². The summed E-state index contributed by atoms with van der Waals surface area (Å²) in [7, 11) is 0. The molecular weight excluding hydrogens is 152 g/mol. The van der Waals surface area contributed by atoms with Crippen LogP contribution in [-0.4, -0.2) is 17.2 Å². The highest BCUT2D eigenvalue weighted by molar-refractivity contribution is 7.81.